The van der Waals surface area contributed by atoms with Gasteiger partial charge in [0.05, 0.1) is 12.8 Å². The van der Waals surface area contributed by atoms with Crippen molar-refractivity contribution in [3.63, 3.8) is 0 Å². The molecular weight excluding hydrogens is 260 g/mol. The fourth-order valence-corrected chi connectivity index (χ4v) is 2.63. The highest BCUT2D eigenvalue weighted by Crippen LogP contribution is 2.25. The zero-order chi connectivity index (χ0) is 14.7. The van der Waals surface area contributed by atoms with Crippen LogP contribution < -0.4 is 0 Å². The minimum absolute atomic E-state index is 0.0150. The van der Waals surface area contributed by atoms with Crippen molar-refractivity contribution in [2.45, 2.75) is 32.9 Å². The van der Waals surface area contributed by atoms with E-state index in [-0.39, 0.29) is 11.9 Å². The summed E-state index contributed by atoms with van der Waals surface area (Å²) in [7, 11) is 0. The van der Waals surface area contributed by atoms with Crippen LogP contribution in [0.25, 0.3) is 0 Å². The number of hydrogen-bond acceptors (Lipinski definition) is 3. The summed E-state index contributed by atoms with van der Waals surface area (Å²) in [6.07, 6.45) is 2.28. The summed E-state index contributed by atoms with van der Waals surface area (Å²) < 4.78 is 5.25. The number of carbonyl (C=O) groups excluding carboxylic acids is 1. The Morgan fingerprint density at radius 2 is 2.30 bits per heavy atom. The Kier molecular flexibility index (Phi) is 4.32. The quantitative estimate of drug-likeness (QED) is 0.915. The summed E-state index contributed by atoms with van der Waals surface area (Å²) in [6.45, 7) is 5.10. The Bertz CT molecular complexity index is 472. The molecule has 0 radical (unpaired) electrons. The molecule has 1 aromatic heterocycles. The van der Waals surface area contributed by atoms with Gasteiger partial charge in [0.15, 0.2) is 0 Å². The smallest absolute Gasteiger partial charge is 0.326 e. The van der Waals surface area contributed by atoms with Gasteiger partial charge in [-0.25, -0.2) is 9.59 Å². The molecule has 0 aliphatic carbocycles. The van der Waals surface area contributed by atoms with Crippen molar-refractivity contribution in [1.82, 2.24) is 9.80 Å². The van der Waals surface area contributed by atoms with Crippen LogP contribution >= 0.6 is 0 Å². The van der Waals surface area contributed by atoms with E-state index in [4.69, 9.17) is 4.42 Å². The second kappa shape index (κ2) is 5.98. The fourth-order valence-electron chi connectivity index (χ4n) is 2.63. The second-order valence-corrected chi connectivity index (χ2v) is 5.12. The average molecular weight is 280 g/mol. The first-order chi connectivity index (χ1) is 9.54. The number of carboxylic acids is 1. The molecule has 0 bridgehead atoms. The van der Waals surface area contributed by atoms with Gasteiger partial charge in [-0.3, -0.25) is 0 Å². The van der Waals surface area contributed by atoms with Crippen LogP contribution in [0.15, 0.2) is 22.8 Å². The number of furan rings is 1. The lowest BCUT2D eigenvalue weighted by atomic mass is 10.0. The SMILES string of the molecule is CCN(Cc1ccco1)C(=O)N1CCC(C)C1C(=O)O. The largest absolute Gasteiger partial charge is 0.480 e. The minimum Gasteiger partial charge on any atom is -0.480 e. The van der Waals surface area contributed by atoms with Gasteiger partial charge < -0.3 is 19.3 Å². The molecule has 0 aromatic carbocycles. The average Bonchev–Trinajstić information content (AvgIpc) is 3.04. The minimum atomic E-state index is -0.933. The van der Waals surface area contributed by atoms with Crippen LogP contribution in [0.5, 0.6) is 0 Å². The van der Waals surface area contributed by atoms with Crippen LogP contribution in [-0.4, -0.2) is 46.0 Å². The van der Waals surface area contributed by atoms with Gasteiger partial charge in [0, 0.05) is 13.1 Å². The third kappa shape index (κ3) is 2.79. The first-order valence-corrected chi connectivity index (χ1v) is 6.85. The number of carboxylic acid groups (broad SMARTS) is 1. The Balaban J connectivity index is 2.10. The number of urea groups is 1. The molecule has 2 rings (SSSR count). The number of likely N-dealkylation sites (tertiary alicyclic amines) is 1. The molecule has 6 heteroatoms. The lowest BCUT2D eigenvalue weighted by Crippen LogP contribution is -2.49. The molecule has 2 heterocycles. The fraction of sp³-hybridized carbons (Fsp3) is 0.571. The molecule has 20 heavy (non-hydrogen) atoms. The first kappa shape index (κ1) is 14.4. The Morgan fingerprint density at radius 1 is 1.55 bits per heavy atom. The van der Waals surface area contributed by atoms with Gasteiger partial charge in [-0.1, -0.05) is 6.92 Å². The van der Waals surface area contributed by atoms with E-state index in [0.29, 0.717) is 25.4 Å². The number of hydrogen-bond donors (Lipinski definition) is 1. The van der Waals surface area contributed by atoms with Crippen molar-refractivity contribution >= 4 is 12.0 Å². The first-order valence-electron chi connectivity index (χ1n) is 6.85. The molecule has 0 saturated carbocycles. The van der Waals surface area contributed by atoms with Crippen LogP contribution in [0, 0.1) is 5.92 Å². The maximum absolute atomic E-state index is 12.5. The summed E-state index contributed by atoms with van der Waals surface area (Å²) in [5, 5.41) is 9.28. The lowest BCUT2D eigenvalue weighted by Gasteiger charge is -2.29. The molecule has 1 fully saturated rings. The van der Waals surface area contributed by atoms with Crippen molar-refractivity contribution < 1.29 is 19.1 Å². The van der Waals surface area contributed by atoms with Crippen LogP contribution in [0.3, 0.4) is 0 Å². The molecule has 1 N–H and O–H groups in total. The van der Waals surface area contributed by atoms with Gasteiger partial charge >= 0.3 is 12.0 Å². The predicted octanol–water partition coefficient (Wildman–Crippen LogP) is 2.02. The monoisotopic (exact) mass is 280 g/mol. The number of nitrogens with zero attached hydrogens (tertiary/aromatic N) is 2. The molecule has 2 amide bonds. The molecule has 0 spiro atoms. The van der Waals surface area contributed by atoms with Crippen LogP contribution in [0.2, 0.25) is 0 Å². The lowest BCUT2D eigenvalue weighted by molar-refractivity contribution is -0.142. The van der Waals surface area contributed by atoms with Crippen LogP contribution in [-0.2, 0) is 11.3 Å². The van der Waals surface area contributed by atoms with E-state index >= 15 is 0 Å². The van der Waals surface area contributed by atoms with Crippen molar-refractivity contribution in [3.8, 4) is 0 Å². The molecular formula is C14H20N2O4. The zero-order valence-corrected chi connectivity index (χ0v) is 11.8. The van der Waals surface area contributed by atoms with Crippen molar-refractivity contribution in [1.29, 1.82) is 0 Å². The number of aliphatic carboxylic acids is 1. The topological polar surface area (TPSA) is 74.0 Å². The van der Waals surface area contributed by atoms with E-state index in [1.54, 1.807) is 23.3 Å². The van der Waals surface area contributed by atoms with Gasteiger partial charge in [0.25, 0.3) is 0 Å². The summed E-state index contributed by atoms with van der Waals surface area (Å²) in [5.74, 6) is -0.254. The molecule has 110 valence electrons. The number of amides is 2. The van der Waals surface area contributed by atoms with E-state index in [9.17, 15) is 14.7 Å². The second-order valence-electron chi connectivity index (χ2n) is 5.12. The molecule has 1 aliphatic rings. The zero-order valence-electron chi connectivity index (χ0n) is 11.8. The van der Waals surface area contributed by atoms with Gasteiger partial charge in [-0.15, -0.1) is 0 Å². The summed E-state index contributed by atoms with van der Waals surface area (Å²) in [6, 6.07) is 2.61. The highest BCUT2D eigenvalue weighted by Gasteiger charge is 2.40. The third-order valence-corrected chi connectivity index (χ3v) is 3.78. The Labute approximate surface area is 118 Å². The Hall–Kier alpha value is -1.98. The summed E-state index contributed by atoms with van der Waals surface area (Å²) in [5.41, 5.74) is 0. The third-order valence-electron chi connectivity index (χ3n) is 3.78. The van der Waals surface area contributed by atoms with Gasteiger partial charge in [0.2, 0.25) is 0 Å². The Morgan fingerprint density at radius 3 is 2.85 bits per heavy atom. The van der Waals surface area contributed by atoms with Gasteiger partial charge in [-0.05, 0) is 31.4 Å². The van der Waals surface area contributed by atoms with E-state index in [2.05, 4.69) is 0 Å². The van der Waals surface area contributed by atoms with Crippen LogP contribution in [0.4, 0.5) is 4.79 Å². The molecule has 1 aliphatic heterocycles. The van der Waals surface area contributed by atoms with Crippen molar-refractivity contribution in [3.05, 3.63) is 24.2 Å². The summed E-state index contributed by atoms with van der Waals surface area (Å²) in [4.78, 5) is 26.9. The normalized spacial score (nSPS) is 22.0. The maximum Gasteiger partial charge on any atom is 0.326 e. The van der Waals surface area contributed by atoms with Crippen molar-refractivity contribution in [2.75, 3.05) is 13.1 Å². The highest BCUT2D eigenvalue weighted by molar-refractivity contribution is 5.83. The summed E-state index contributed by atoms with van der Waals surface area (Å²) >= 11 is 0. The van der Waals surface area contributed by atoms with Crippen LogP contribution in [0.1, 0.15) is 26.0 Å². The highest BCUT2D eigenvalue weighted by atomic mass is 16.4. The van der Waals surface area contributed by atoms with E-state index in [1.807, 2.05) is 13.8 Å². The van der Waals surface area contributed by atoms with E-state index < -0.39 is 12.0 Å². The molecule has 2 unspecified atom stereocenters. The predicted molar refractivity (Wildman–Crippen MR) is 72.1 cm³/mol. The number of rotatable bonds is 4. The molecule has 1 saturated heterocycles. The maximum atomic E-state index is 12.5. The van der Waals surface area contributed by atoms with Gasteiger partial charge in [0.1, 0.15) is 11.8 Å². The molecule has 6 nitrogen and oxygen atoms in total. The molecule has 1 aromatic rings. The van der Waals surface area contributed by atoms with E-state index in [0.717, 1.165) is 6.42 Å². The van der Waals surface area contributed by atoms with E-state index in [1.165, 1.54) is 4.90 Å². The van der Waals surface area contributed by atoms with Gasteiger partial charge in [-0.2, -0.15) is 0 Å². The molecule has 2 atom stereocenters. The standard InChI is InChI=1S/C14H20N2O4/c1-3-15(9-11-5-4-8-20-11)14(19)16-7-6-10(2)12(16)13(17)18/h4-5,8,10,12H,3,6-7,9H2,1-2H3,(H,17,18). The van der Waals surface area contributed by atoms with Crippen molar-refractivity contribution in [2.24, 2.45) is 5.92 Å². The number of carbonyl (C=O) groups is 2.